The molecule has 0 aromatic heterocycles. The van der Waals surface area contributed by atoms with Crippen molar-refractivity contribution in [3.8, 4) is 0 Å². The van der Waals surface area contributed by atoms with Crippen LogP contribution in [0.3, 0.4) is 0 Å². The lowest BCUT2D eigenvalue weighted by Gasteiger charge is -2.10. The molecule has 0 aliphatic carbocycles. The molecule has 1 aromatic carbocycles. The molecular formula is C13H14BrF3N+. The molecule has 0 spiro atoms. The number of benzene rings is 1. The Bertz CT molecular complexity index is 458. The highest BCUT2D eigenvalue weighted by Crippen LogP contribution is 2.25. The first-order valence-corrected chi connectivity index (χ1v) is 6.69. The maximum Gasteiger partial charge on any atom is 0.472 e. The van der Waals surface area contributed by atoms with E-state index in [0.29, 0.717) is 18.7 Å². The number of halogens is 4. The van der Waals surface area contributed by atoms with Crippen molar-refractivity contribution < 1.29 is 17.7 Å². The fraction of sp³-hybridized carbons (Fsp3) is 0.462. The summed E-state index contributed by atoms with van der Waals surface area (Å²) < 4.78 is 41.5. The molecule has 1 aromatic rings. The van der Waals surface area contributed by atoms with E-state index < -0.39 is 11.9 Å². The quantitative estimate of drug-likeness (QED) is 0.729. The van der Waals surface area contributed by atoms with Crippen LogP contribution in [0.2, 0.25) is 0 Å². The fourth-order valence-electron chi connectivity index (χ4n) is 2.20. The van der Waals surface area contributed by atoms with Gasteiger partial charge in [0.15, 0.2) is 0 Å². The largest absolute Gasteiger partial charge is 0.472 e. The number of alkyl halides is 3. The molecule has 5 heteroatoms. The van der Waals surface area contributed by atoms with E-state index in [-0.39, 0.29) is 6.42 Å². The first-order chi connectivity index (χ1) is 8.48. The maximum atomic E-state index is 13.1. The summed E-state index contributed by atoms with van der Waals surface area (Å²) in [5.41, 5.74) is 0.253. The summed E-state index contributed by atoms with van der Waals surface area (Å²) in [5, 5.41) is 0. The van der Waals surface area contributed by atoms with Crippen molar-refractivity contribution in [2.45, 2.75) is 25.4 Å². The van der Waals surface area contributed by atoms with Crippen LogP contribution in [-0.2, 0) is 6.42 Å². The van der Waals surface area contributed by atoms with Crippen LogP contribution in [0.15, 0.2) is 28.7 Å². The third-order valence-electron chi connectivity index (χ3n) is 3.13. The molecule has 2 rings (SSSR count). The van der Waals surface area contributed by atoms with Crippen LogP contribution in [0.25, 0.3) is 0 Å². The minimum atomic E-state index is -4.25. The highest BCUT2D eigenvalue weighted by Gasteiger charge is 2.44. The van der Waals surface area contributed by atoms with Crippen molar-refractivity contribution >= 4 is 21.6 Å². The van der Waals surface area contributed by atoms with Gasteiger partial charge in [-0.3, -0.25) is 0 Å². The molecule has 0 radical (unpaired) electrons. The highest BCUT2D eigenvalue weighted by atomic mass is 79.9. The van der Waals surface area contributed by atoms with E-state index in [9.17, 15) is 13.2 Å². The summed E-state index contributed by atoms with van der Waals surface area (Å²) in [7, 11) is 0. The molecule has 1 aliphatic heterocycles. The van der Waals surface area contributed by atoms with E-state index in [4.69, 9.17) is 0 Å². The molecule has 1 aliphatic rings. The molecule has 1 heterocycles. The van der Waals surface area contributed by atoms with E-state index in [1.807, 2.05) is 0 Å². The van der Waals surface area contributed by atoms with Gasteiger partial charge in [0.25, 0.3) is 5.71 Å². The van der Waals surface area contributed by atoms with Gasteiger partial charge in [-0.05, 0) is 11.6 Å². The average molecular weight is 321 g/mol. The van der Waals surface area contributed by atoms with Gasteiger partial charge in [-0.15, -0.1) is 0 Å². The molecule has 0 N–H and O–H groups in total. The molecule has 0 unspecified atom stereocenters. The average Bonchev–Trinajstić information content (AvgIpc) is 2.79. The summed E-state index contributed by atoms with van der Waals surface area (Å²) in [6.45, 7) is 1.03. The molecule has 1 nitrogen and oxygen atoms in total. The second-order valence-corrected chi connectivity index (χ2v) is 5.26. The van der Waals surface area contributed by atoms with Crippen molar-refractivity contribution in [3.05, 3.63) is 34.3 Å². The van der Waals surface area contributed by atoms with Crippen LogP contribution in [0.4, 0.5) is 13.2 Å². The molecule has 1 saturated heterocycles. The Balaban J connectivity index is 2.33. The Morgan fingerprint density at radius 2 is 1.78 bits per heavy atom. The van der Waals surface area contributed by atoms with Gasteiger partial charge in [0, 0.05) is 17.3 Å². The predicted octanol–water partition coefficient (Wildman–Crippen LogP) is 3.80. The standard InChI is InChI=1S/C13H14BrF3N/c14-11-6-2-1-5-10(11)9-12(13(15,16)17)18-7-3-4-8-18/h1-2,5-6H,3-4,7-9H2/q+1. The number of hydrogen-bond donors (Lipinski definition) is 0. The van der Waals surface area contributed by atoms with Crippen molar-refractivity contribution in [1.29, 1.82) is 0 Å². The summed E-state index contributed by atoms with van der Waals surface area (Å²) >= 11 is 3.30. The lowest BCUT2D eigenvalue weighted by Crippen LogP contribution is -2.34. The van der Waals surface area contributed by atoms with Crippen LogP contribution in [-0.4, -0.2) is 29.6 Å². The van der Waals surface area contributed by atoms with Gasteiger partial charge >= 0.3 is 6.18 Å². The van der Waals surface area contributed by atoms with Gasteiger partial charge in [0.1, 0.15) is 13.1 Å². The third kappa shape index (κ3) is 3.13. The lowest BCUT2D eigenvalue weighted by atomic mass is 10.1. The number of nitrogens with zero attached hydrogens (tertiary/aromatic N) is 1. The lowest BCUT2D eigenvalue weighted by molar-refractivity contribution is -0.514. The van der Waals surface area contributed by atoms with Crippen LogP contribution >= 0.6 is 15.9 Å². The van der Waals surface area contributed by atoms with Crippen molar-refractivity contribution in [3.63, 3.8) is 0 Å². The van der Waals surface area contributed by atoms with Crippen molar-refractivity contribution in [2.24, 2.45) is 0 Å². The summed E-state index contributed by atoms with van der Waals surface area (Å²) in [6.07, 6.45) is -2.63. The summed E-state index contributed by atoms with van der Waals surface area (Å²) in [4.78, 5) is 0. The molecule has 18 heavy (non-hydrogen) atoms. The molecule has 0 atom stereocenters. The van der Waals surface area contributed by atoms with Crippen LogP contribution in [0.5, 0.6) is 0 Å². The van der Waals surface area contributed by atoms with Gasteiger partial charge in [0.2, 0.25) is 0 Å². The fourth-order valence-corrected chi connectivity index (χ4v) is 2.63. The Kier molecular flexibility index (Phi) is 4.10. The van der Waals surface area contributed by atoms with Gasteiger partial charge in [-0.25, -0.2) is 4.58 Å². The second-order valence-electron chi connectivity index (χ2n) is 4.41. The smallest absolute Gasteiger partial charge is 0.229 e. The van der Waals surface area contributed by atoms with E-state index in [1.54, 1.807) is 24.3 Å². The first kappa shape index (κ1) is 13.6. The monoisotopic (exact) mass is 320 g/mol. The molecule has 0 bridgehead atoms. The van der Waals surface area contributed by atoms with Gasteiger partial charge in [-0.1, -0.05) is 34.1 Å². The third-order valence-corrected chi connectivity index (χ3v) is 3.90. The minimum Gasteiger partial charge on any atom is -0.229 e. The zero-order valence-corrected chi connectivity index (χ0v) is 11.4. The van der Waals surface area contributed by atoms with Crippen molar-refractivity contribution in [1.82, 2.24) is 0 Å². The van der Waals surface area contributed by atoms with E-state index in [0.717, 1.165) is 17.3 Å². The summed E-state index contributed by atoms with van der Waals surface area (Å²) in [6, 6.07) is 7.06. The Morgan fingerprint density at radius 1 is 1.17 bits per heavy atom. The molecule has 0 amide bonds. The summed E-state index contributed by atoms with van der Waals surface area (Å²) in [5.74, 6) is 0. The highest BCUT2D eigenvalue weighted by molar-refractivity contribution is 9.10. The Hall–Kier alpha value is -0.840. The topological polar surface area (TPSA) is 3.01 Å². The van der Waals surface area contributed by atoms with Gasteiger partial charge in [-0.2, -0.15) is 13.2 Å². The van der Waals surface area contributed by atoms with Crippen LogP contribution < -0.4 is 0 Å². The Labute approximate surface area is 112 Å². The predicted molar refractivity (Wildman–Crippen MR) is 68.1 cm³/mol. The first-order valence-electron chi connectivity index (χ1n) is 5.90. The zero-order chi connectivity index (χ0) is 13.2. The van der Waals surface area contributed by atoms with Gasteiger partial charge < -0.3 is 0 Å². The number of rotatable bonds is 2. The van der Waals surface area contributed by atoms with Crippen LogP contribution in [0, 0.1) is 0 Å². The number of hydrogen-bond acceptors (Lipinski definition) is 0. The van der Waals surface area contributed by atoms with Crippen molar-refractivity contribution in [2.75, 3.05) is 13.1 Å². The maximum absolute atomic E-state index is 13.1. The SMILES string of the molecule is FC(F)(F)C(Cc1ccccc1Br)=[N+]1CCCC1. The molecule has 98 valence electrons. The molecule has 1 fully saturated rings. The van der Waals surface area contributed by atoms with E-state index >= 15 is 0 Å². The molecular weight excluding hydrogens is 307 g/mol. The minimum absolute atomic E-state index is 0.0646. The van der Waals surface area contributed by atoms with Gasteiger partial charge in [0.05, 0.1) is 6.42 Å². The zero-order valence-electron chi connectivity index (χ0n) is 9.80. The normalized spacial score (nSPS) is 16.1. The second kappa shape index (κ2) is 5.43. The van der Waals surface area contributed by atoms with E-state index in [1.165, 1.54) is 4.58 Å². The van der Waals surface area contributed by atoms with E-state index in [2.05, 4.69) is 15.9 Å². The Morgan fingerprint density at radius 3 is 2.33 bits per heavy atom. The van der Waals surface area contributed by atoms with Crippen LogP contribution in [0.1, 0.15) is 18.4 Å². The molecule has 0 saturated carbocycles.